The number of benzene rings is 1. The standard InChI is InChI=1S/C13H14BrNO4/c1-19-7-12(16)15-6-8-3-2-4-10(14)9(8)5-11(15)13(17)18/h2-4,11H,5-7H2,1H3,(H,17,18). The van der Waals surface area contributed by atoms with Gasteiger partial charge in [0.2, 0.25) is 5.91 Å². The Morgan fingerprint density at radius 3 is 2.89 bits per heavy atom. The maximum Gasteiger partial charge on any atom is 0.326 e. The lowest BCUT2D eigenvalue weighted by Gasteiger charge is -2.34. The minimum absolute atomic E-state index is 0.104. The molecule has 102 valence electrons. The largest absolute Gasteiger partial charge is 0.480 e. The number of hydrogen-bond acceptors (Lipinski definition) is 3. The summed E-state index contributed by atoms with van der Waals surface area (Å²) in [5.41, 5.74) is 1.92. The topological polar surface area (TPSA) is 66.8 Å². The van der Waals surface area contributed by atoms with Gasteiger partial charge < -0.3 is 14.7 Å². The average Bonchev–Trinajstić information content (AvgIpc) is 2.38. The van der Waals surface area contributed by atoms with Gasteiger partial charge in [-0.15, -0.1) is 0 Å². The molecule has 1 aliphatic rings. The van der Waals surface area contributed by atoms with Crippen LogP contribution in [0.3, 0.4) is 0 Å². The molecule has 0 aliphatic carbocycles. The number of carbonyl (C=O) groups is 2. The maximum atomic E-state index is 11.9. The van der Waals surface area contributed by atoms with E-state index in [0.717, 1.165) is 15.6 Å². The van der Waals surface area contributed by atoms with Crippen LogP contribution in [0.2, 0.25) is 0 Å². The number of carboxylic acid groups (broad SMARTS) is 1. The second-order valence-electron chi connectivity index (χ2n) is 4.39. The molecule has 1 aliphatic heterocycles. The molecular formula is C13H14BrNO4. The van der Waals surface area contributed by atoms with E-state index in [1.807, 2.05) is 18.2 Å². The molecule has 0 spiro atoms. The number of ether oxygens (including phenoxy) is 1. The van der Waals surface area contributed by atoms with E-state index in [-0.39, 0.29) is 12.5 Å². The molecule has 0 aromatic heterocycles. The Bertz CT molecular complexity index is 517. The number of hydrogen-bond donors (Lipinski definition) is 1. The smallest absolute Gasteiger partial charge is 0.326 e. The van der Waals surface area contributed by atoms with Crippen LogP contribution < -0.4 is 0 Å². The van der Waals surface area contributed by atoms with Crippen molar-refractivity contribution in [3.05, 3.63) is 33.8 Å². The predicted molar refractivity (Wildman–Crippen MR) is 71.7 cm³/mol. The summed E-state index contributed by atoms with van der Waals surface area (Å²) in [4.78, 5) is 24.6. The van der Waals surface area contributed by atoms with E-state index < -0.39 is 12.0 Å². The Labute approximate surface area is 119 Å². The van der Waals surface area contributed by atoms with Crippen LogP contribution in [0.25, 0.3) is 0 Å². The van der Waals surface area contributed by atoms with Gasteiger partial charge in [0.05, 0.1) is 0 Å². The highest BCUT2D eigenvalue weighted by atomic mass is 79.9. The zero-order chi connectivity index (χ0) is 14.0. The van der Waals surface area contributed by atoms with Gasteiger partial charge in [-0.2, -0.15) is 0 Å². The van der Waals surface area contributed by atoms with Gasteiger partial charge in [-0.05, 0) is 17.2 Å². The zero-order valence-electron chi connectivity index (χ0n) is 10.4. The van der Waals surface area contributed by atoms with Crippen LogP contribution in [-0.2, 0) is 27.3 Å². The van der Waals surface area contributed by atoms with Gasteiger partial charge in [-0.25, -0.2) is 4.79 Å². The lowest BCUT2D eigenvalue weighted by molar-refractivity contribution is -0.153. The second kappa shape index (κ2) is 5.71. The first kappa shape index (κ1) is 14.0. The Hall–Kier alpha value is -1.40. The number of fused-ring (bicyclic) bond motifs is 1. The minimum Gasteiger partial charge on any atom is -0.480 e. The number of methoxy groups -OCH3 is 1. The number of aliphatic carboxylic acids is 1. The van der Waals surface area contributed by atoms with E-state index in [4.69, 9.17) is 4.74 Å². The summed E-state index contributed by atoms with van der Waals surface area (Å²) in [6, 6.07) is 4.83. The average molecular weight is 328 g/mol. The fraction of sp³-hybridized carbons (Fsp3) is 0.385. The van der Waals surface area contributed by atoms with Crippen molar-refractivity contribution in [1.82, 2.24) is 4.90 Å². The van der Waals surface area contributed by atoms with Crippen LogP contribution in [-0.4, -0.2) is 41.6 Å². The minimum atomic E-state index is -0.995. The first-order valence-corrected chi connectivity index (χ1v) is 6.61. The second-order valence-corrected chi connectivity index (χ2v) is 5.24. The lowest BCUT2D eigenvalue weighted by atomic mass is 9.94. The van der Waals surface area contributed by atoms with Gasteiger partial charge in [0.1, 0.15) is 12.6 Å². The van der Waals surface area contributed by atoms with Gasteiger partial charge >= 0.3 is 5.97 Å². The van der Waals surface area contributed by atoms with Crippen molar-refractivity contribution < 1.29 is 19.4 Å². The van der Waals surface area contributed by atoms with Crippen LogP contribution in [0.15, 0.2) is 22.7 Å². The highest BCUT2D eigenvalue weighted by molar-refractivity contribution is 9.10. The molecule has 1 N–H and O–H groups in total. The molecule has 1 heterocycles. The Morgan fingerprint density at radius 2 is 2.26 bits per heavy atom. The third kappa shape index (κ3) is 2.79. The highest BCUT2D eigenvalue weighted by Crippen LogP contribution is 2.29. The summed E-state index contributed by atoms with van der Waals surface area (Å²) in [7, 11) is 1.42. The monoisotopic (exact) mass is 327 g/mol. The number of halogens is 1. The summed E-state index contributed by atoms with van der Waals surface area (Å²) in [5.74, 6) is -1.30. The molecule has 1 aromatic carbocycles. The van der Waals surface area contributed by atoms with Crippen molar-refractivity contribution in [3.8, 4) is 0 Å². The van der Waals surface area contributed by atoms with Gasteiger partial charge in [0.25, 0.3) is 0 Å². The SMILES string of the molecule is COCC(=O)N1Cc2cccc(Br)c2CC1C(=O)O. The Balaban J connectivity index is 2.35. The highest BCUT2D eigenvalue weighted by Gasteiger charge is 2.35. The first-order valence-electron chi connectivity index (χ1n) is 5.82. The van der Waals surface area contributed by atoms with Crippen molar-refractivity contribution in [2.75, 3.05) is 13.7 Å². The van der Waals surface area contributed by atoms with Crippen LogP contribution in [0, 0.1) is 0 Å². The molecule has 1 unspecified atom stereocenters. The predicted octanol–water partition coefficient (Wildman–Crippen LogP) is 1.43. The molecule has 0 saturated carbocycles. The molecule has 2 rings (SSSR count). The summed E-state index contributed by atoms with van der Waals surface area (Å²) in [5, 5.41) is 9.29. The molecule has 0 saturated heterocycles. The number of carboxylic acids is 1. The van der Waals surface area contributed by atoms with Gasteiger partial charge in [0.15, 0.2) is 0 Å². The van der Waals surface area contributed by atoms with Crippen LogP contribution in [0.4, 0.5) is 0 Å². The molecule has 1 atom stereocenters. The zero-order valence-corrected chi connectivity index (χ0v) is 12.0. The third-order valence-corrected chi connectivity index (χ3v) is 3.95. The molecule has 1 amide bonds. The Kier molecular flexibility index (Phi) is 4.21. The first-order chi connectivity index (χ1) is 9.04. The van der Waals surface area contributed by atoms with Crippen LogP contribution in [0.1, 0.15) is 11.1 Å². The van der Waals surface area contributed by atoms with E-state index in [0.29, 0.717) is 13.0 Å². The maximum absolute atomic E-state index is 11.9. The van der Waals surface area contributed by atoms with Crippen molar-refractivity contribution in [2.45, 2.75) is 19.0 Å². The quantitative estimate of drug-likeness (QED) is 0.912. The number of rotatable bonds is 3. The third-order valence-electron chi connectivity index (χ3n) is 3.20. The number of nitrogens with zero attached hydrogens (tertiary/aromatic N) is 1. The van der Waals surface area contributed by atoms with Crippen molar-refractivity contribution in [1.29, 1.82) is 0 Å². The molecule has 6 heteroatoms. The van der Waals surface area contributed by atoms with Gasteiger partial charge in [-0.1, -0.05) is 28.1 Å². The summed E-state index contributed by atoms with van der Waals surface area (Å²) in [6.45, 7) is 0.195. The van der Waals surface area contributed by atoms with Crippen LogP contribution >= 0.6 is 15.9 Å². The van der Waals surface area contributed by atoms with E-state index in [9.17, 15) is 14.7 Å². The molecular weight excluding hydrogens is 314 g/mol. The summed E-state index contributed by atoms with van der Waals surface area (Å²) in [6.07, 6.45) is 0.307. The molecule has 0 bridgehead atoms. The molecule has 0 radical (unpaired) electrons. The fourth-order valence-electron chi connectivity index (χ4n) is 2.27. The fourth-order valence-corrected chi connectivity index (χ4v) is 2.84. The number of amides is 1. The normalized spacial score (nSPS) is 18.0. The van der Waals surface area contributed by atoms with Crippen molar-refractivity contribution >= 4 is 27.8 Å². The summed E-state index contributed by atoms with van der Waals surface area (Å²) < 4.78 is 5.69. The van der Waals surface area contributed by atoms with Gasteiger partial charge in [-0.3, -0.25) is 4.79 Å². The summed E-state index contributed by atoms with van der Waals surface area (Å²) >= 11 is 3.43. The van der Waals surface area contributed by atoms with E-state index in [1.54, 1.807) is 0 Å². The van der Waals surface area contributed by atoms with Crippen molar-refractivity contribution in [3.63, 3.8) is 0 Å². The molecule has 1 aromatic rings. The lowest BCUT2D eigenvalue weighted by Crippen LogP contribution is -2.49. The van der Waals surface area contributed by atoms with Crippen molar-refractivity contribution in [2.24, 2.45) is 0 Å². The Morgan fingerprint density at radius 1 is 1.53 bits per heavy atom. The van der Waals surface area contributed by atoms with E-state index in [2.05, 4.69) is 15.9 Å². The molecule has 19 heavy (non-hydrogen) atoms. The molecule has 0 fully saturated rings. The number of carbonyl (C=O) groups excluding carboxylic acids is 1. The van der Waals surface area contributed by atoms with E-state index in [1.165, 1.54) is 12.0 Å². The molecule has 5 nitrogen and oxygen atoms in total. The van der Waals surface area contributed by atoms with Crippen LogP contribution in [0.5, 0.6) is 0 Å². The van der Waals surface area contributed by atoms with Gasteiger partial charge in [0, 0.05) is 24.5 Å². The van der Waals surface area contributed by atoms with E-state index >= 15 is 0 Å².